The molecule has 0 fully saturated rings. The normalized spacial score (nSPS) is 15.7. The minimum atomic E-state index is -1.47. The average Bonchev–Trinajstić information content (AvgIpc) is 2.66. The summed E-state index contributed by atoms with van der Waals surface area (Å²) in [5, 5.41) is 0. The van der Waals surface area contributed by atoms with E-state index in [4.69, 9.17) is 14.2 Å². The topological polar surface area (TPSA) is 150 Å². The minimum Gasteiger partial charge on any atom is -0.459 e. The lowest BCUT2D eigenvalue weighted by atomic mass is 9.81. The molecule has 0 radical (unpaired) electrons. The standard InChI is InChI=1S/C20H29N3O8/c1-7-15(24)30-12(4)10-20(14(6)29-9-3,11-13(5)31-16(25)8-2)23-18(27)21-17(26)22-19(23)28/h7-8,12-14H,1-2,9-11H2,3-6H3,(H2,21,22,26,27,28). The van der Waals surface area contributed by atoms with Crippen molar-refractivity contribution in [2.75, 3.05) is 6.61 Å². The van der Waals surface area contributed by atoms with Gasteiger partial charge in [-0.25, -0.2) is 28.5 Å². The maximum Gasteiger partial charge on any atom is 0.334 e. The monoisotopic (exact) mass is 439 g/mol. The molecule has 0 bridgehead atoms. The number of aromatic nitrogens is 3. The fourth-order valence-electron chi connectivity index (χ4n) is 3.59. The van der Waals surface area contributed by atoms with Crippen molar-refractivity contribution in [3.05, 3.63) is 56.8 Å². The van der Waals surface area contributed by atoms with Gasteiger partial charge in [-0.2, -0.15) is 0 Å². The summed E-state index contributed by atoms with van der Waals surface area (Å²) < 4.78 is 17.1. The second-order valence-corrected chi connectivity index (χ2v) is 7.04. The molecular formula is C20H29N3O8. The summed E-state index contributed by atoms with van der Waals surface area (Å²) >= 11 is 0. The number of aromatic amines is 2. The summed E-state index contributed by atoms with van der Waals surface area (Å²) in [6.45, 7) is 13.4. The number of carbonyl (C=O) groups is 2. The molecular weight excluding hydrogens is 410 g/mol. The van der Waals surface area contributed by atoms with E-state index in [9.17, 15) is 24.0 Å². The summed E-state index contributed by atoms with van der Waals surface area (Å²) in [6.07, 6.45) is -0.563. The SMILES string of the molecule is C=CC(=O)OC(C)CC(CC(C)OC(=O)C=C)(C(C)OCC)n1c(=O)[nH]c(=O)[nH]c1=O. The molecule has 1 aromatic heterocycles. The first-order valence-electron chi connectivity index (χ1n) is 9.74. The van der Waals surface area contributed by atoms with Gasteiger partial charge in [0.2, 0.25) is 0 Å². The summed E-state index contributed by atoms with van der Waals surface area (Å²) in [5.74, 6) is -1.39. The van der Waals surface area contributed by atoms with Crippen LogP contribution < -0.4 is 17.1 Å². The van der Waals surface area contributed by atoms with E-state index in [0.717, 1.165) is 16.7 Å². The van der Waals surface area contributed by atoms with Crippen molar-refractivity contribution in [2.24, 2.45) is 0 Å². The maximum atomic E-state index is 12.7. The lowest BCUT2D eigenvalue weighted by Crippen LogP contribution is -2.60. The molecule has 0 amide bonds. The predicted molar refractivity (Wildman–Crippen MR) is 112 cm³/mol. The number of hydrogen-bond donors (Lipinski definition) is 2. The lowest BCUT2D eigenvalue weighted by molar-refractivity contribution is -0.148. The highest BCUT2D eigenvalue weighted by molar-refractivity contribution is 5.81. The zero-order valence-electron chi connectivity index (χ0n) is 18.1. The number of carbonyl (C=O) groups excluding carboxylic acids is 2. The Hall–Kier alpha value is -3.21. The molecule has 11 heteroatoms. The molecule has 31 heavy (non-hydrogen) atoms. The molecule has 0 aliphatic carbocycles. The van der Waals surface area contributed by atoms with E-state index in [1.807, 2.05) is 9.97 Å². The molecule has 172 valence electrons. The molecule has 0 spiro atoms. The zero-order valence-corrected chi connectivity index (χ0v) is 18.1. The number of H-pyrrole nitrogens is 2. The summed E-state index contributed by atoms with van der Waals surface area (Å²) in [6, 6.07) is 0. The Balaban J connectivity index is 3.69. The van der Waals surface area contributed by atoms with Gasteiger partial charge in [0.25, 0.3) is 0 Å². The van der Waals surface area contributed by atoms with Crippen LogP contribution in [0.2, 0.25) is 0 Å². The third-order valence-electron chi connectivity index (χ3n) is 4.72. The second kappa shape index (κ2) is 11.3. The van der Waals surface area contributed by atoms with Crippen LogP contribution in [0.5, 0.6) is 0 Å². The fourth-order valence-corrected chi connectivity index (χ4v) is 3.59. The van der Waals surface area contributed by atoms with E-state index in [0.29, 0.717) is 0 Å². The van der Waals surface area contributed by atoms with Gasteiger partial charge in [0.05, 0.1) is 11.6 Å². The zero-order chi connectivity index (χ0) is 23.8. The summed E-state index contributed by atoms with van der Waals surface area (Å²) in [4.78, 5) is 64.5. The van der Waals surface area contributed by atoms with Crippen LogP contribution in [0.1, 0.15) is 40.5 Å². The summed E-state index contributed by atoms with van der Waals surface area (Å²) in [5.41, 5.74) is -4.40. The van der Waals surface area contributed by atoms with Crippen molar-refractivity contribution in [2.45, 2.75) is 64.4 Å². The third-order valence-corrected chi connectivity index (χ3v) is 4.72. The van der Waals surface area contributed by atoms with Gasteiger partial charge in [-0.05, 0) is 27.7 Å². The van der Waals surface area contributed by atoms with Crippen LogP contribution in [-0.4, -0.2) is 51.4 Å². The molecule has 3 atom stereocenters. The molecule has 0 saturated carbocycles. The van der Waals surface area contributed by atoms with E-state index < -0.39 is 52.9 Å². The minimum absolute atomic E-state index is 0.0707. The number of rotatable bonds is 12. The van der Waals surface area contributed by atoms with Crippen molar-refractivity contribution in [1.29, 1.82) is 0 Å². The van der Waals surface area contributed by atoms with Gasteiger partial charge < -0.3 is 14.2 Å². The predicted octanol–water partition coefficient (Wildman–Crippen LogP) is 0.361. The van der Waals surface area contributed by atoms with Crippen molar-refractivity contribution in [1.82, 2.24) is 14.5 Å². The Morgan fingerprint density at radius 1 is 0.968 bits per heavy atom. The Kier molecular flexibility index (Phi) is 9.38. The maximum absolute atomic E-state index is 12.7. The van der Waals surface area contributed by atoms with Gasteiger partial charge >= 0.3 is 29.0 Å². The van der Waals surface area contributed by atoms with Crippen molar-refractivity contribution >= 4 is 11.9 Å². The van der Waals surface area contributed by atoms with E-state index in [1.54, 1.807) is 27.7 Å². The van der Waals surface area contributed by atoms with Crippen LogP contribution in [-0.2, 0) is 29.3 Å². The van der Waals surface area contributed by atoms with Crippen molar-refractivity contribution in [3.8, 4) is 0 Å². The first-order valence-corrected chi connectivity index (χ1v) is 9.74. The van der Waals surface area contributed by atoms with Gasteiger partial charge in [0.1, 0.15) is 12.2 Å². The Labute approximate surface area is 178 Å². The van der Waals surface area contributed by atoms with Crippen LogP contribution in [0, 0.1) is 0 Å². The molecule has 0 saturated heterocycles. The van der Waals surface area contributed by atoms with Crippen LogP contribution in [0.3, 0.4) is 0 Å². The fraction of sp³-hybridized carbons (Fsp3) is 0.550. The smallest absolute Gasteiger partial charge is 0.334 e. The number of ether oxygens (including phenoxy) is 3. The van der Waals surface area contributed by atoms with Crippen LogP contribution in [0.15, 0.2) is 39.7 Å². The first-order chi connectivity index (χ1) is 14.5. The molecule has 0 aliphatic heterocycles. The highest BCUT2D eigenvalue weighted by Gasteiger charge is 2.45. The Morgan fingerprint density at radius 2 is 1.39 bits per heavy atom. The third kappa shape index (κ3) is 6.64. The number of nitrogens with one attached hydrogen (secondary N) is 2. The molecule has 0 aliphatic rings. The van der Waals surface area contributed by atoms with Gasteiger partial charge in [-0.15, -0.1) is 0 Å². The van der Waals surface area contributed by atoms with E-state index in [1.165, 1.54) is 0 Å². The van der Waals surface area contributed by atoms with Gasteiger partial charge in [-0.1, -0.05) is 13.2 Å². The van der Waals surface area contributed by atoms with Gasteiger partial charge in [0, 0.05) is 31.6 Å². The first kappa shape index (κ1) is 25.8. The molecule has 0 aromatic carbocycles. The van der Waals surface area contributed by atoms with E-state index >= 15 is 0 Å². The lowest BCUT2D eigenvalue weighted by Gasteiger charge is -2.42. The van der Waals surface area contributed by atoms with Crippen LogP contribution >= 0.6 is 0 Å². The number of hydrogen-bond acceptors (Lipinski definition) is 8. The van der Waals surface area contributed by atoms with Crippen LogP contribution in [0.25, 0.3) is 0 Å². The average molecular weight is 439 g/mol. The molecule has 1 heterocycles. The highest BCUT2D eigenvalue weighted by Crippen LogP contribution is 2.34. The second-order valence-electron chi connectivity index (χ2n) is 7.04. The molecule has 3 unspecified atom stereocenters. The van der Waals surface area contributed by atoms with E-state index in [-0.39, 0.29) is 19.4 Å². The van der Waals surface area contributed by atoms with Crippen molar-refractivity contribution < 1.29 is 23.8 Å². The molecule has 2 N–H and O–H groups in total. The Morgan fingerprint density at radius 3 is 1.74 bits per heavy atom. The molecule has 1 rings (SSSR count). The quantitative estimate of drug-likeness (QED) is 0.350. The number of nitrogens with zero attached hydrogens (tertiary/aromatic N) is 1. The van der Waals surface area contributed by atoms with Crippen LogP contribution in [0.4, 0.5) is 0 Å². The Bertz CT molecular complexity index is 909. The molecule has 1 aromatic rings. The molecule has 11 nitrogen and oxygen atoms in total. The van der Waals surface area contributed by atoms with E-state index in [2.05, 4.69) is 13.2 Å². The number of esters is 2. The van der Waals surface area contributed by atoms with Gasteiger partial charge in [0.15, 0.2) is 0 Å². The largest absolute Gasteiger partial charge is 0.459 e. The highest BCUT2D eigenvalue weighted by atomic mass is 16.5. The summed E-state index contributed by atoms with van der Waals surface area (Å²) in [7, 11) is 0. The van der Waals surface area contributed by atoms with Crippen molar-refractivity contribution in [3.63, 3.8) is 0 Å². The van der Waals surface area contributed by atoms with Gasteiger partial charge in [-0.3, -0.25) is 9.97 Å².